The Morgan fingerprint density at radius 2 is 1.16 bits per heavy atom. The summed E-state index contributed by atoms with van der Waals surface area (Å²) in [5.74, 6) is -2.24. The van der Waals surface area contributed by atoms with Crippen molar-refractivity contribution in [3.05, 3.63) is 23.7 Å². The van der Waals surface area contributed by atoms with E-state index >= 15 is 0 Å². The van der Waals surface area contributed by atoms with Crippen molar-refractivity contribution in [1.29, 1.82) is 0 Å². The molecule has 2 heterocycles. The van der Waals surface area contributed by atoms with Gasteiger partial charge >= 0.3 is 11.9 Å². The number of ether oxygens (including phenoxy) is 5. The van der Waals surface area contributed by atoms with Crippen molar-refractivity contribution < 1.29 is 33.3 Å². The van der Waals surface area contributed by atoms with E-state index in [4.69, 9.17) is 23.7 Å². The van der Waals surface area contributed by atoms with Crippen molar-refractivity contribution in [2.45, 2.75) is 78.2 Å². The molecule has 0 aromatic carbocycles. The van der Waals surface area contributed by atoms with E-state index in [1.165, 1.54) is 12.2 Å². The molecule has 140 valence electrons. The quantitative estimate of drug-likeness (QED) is 0.678. The summed E-state index contributed by atoms with van der Waals surface area (Å²) in [7, 11) is 0. The third kappa shape index (κ3) is 4.98. The molecule has 0 spiro atoms. The number of hydrogen-bond acceptors (Lipinski definition) is 7. The van der Waals surface area contributed by atoms with E-state index in [0.29, 0.717) is 24.4 Å². The Bertz CT molecular complexity index is 549. The Balaban J connectivity index is 2.19. The maximum Gasteiger partial charge on any atom is 0.337 e. The van der Waals surface area contributed by atoms with Gasteiger partial charge in [-0.05, 0) is 12.8 Å². The Kier molecular flexibility index (Phi) is 5.46. The maximum atomic E-state index is 11.8. The summed E-state index contributed by atoms with van der Waals surface area (Å²) >= 11 is 0. The summed E-state index contributed by atoms with van der Waals surface area (Å²) in [5, 5.41) is 0. The first-order chi connectivity index (χ1) is 11.5. The number of carbonyl (C=O) groups is 2. The Labute approximate surface area is 147 Å². The average Bonchev–Trinajstić information content (AvgIpc) is 2.44. The smallest absolute Gasteiger partial charge is 0.337 e. The predicted octanol–water partition coefficient (Wildman–Crippen LogP) is 2.95. The van der Waals surface area contributed by atoms with E-state index in [0.717, 1.165) is 0 Å². The van der Waals surface area contributed by atoms with Gasteiger partial charge in [-0.1, -0.05) is 13.8 Å². The fraction of sp³-hybridized carbons (Fsp3) is 0.667. The van der Waals surface area contributed by atoms with Gasteiger partial charge < -0.3 is 23.7 Å². The minimum atomic E-state index is -1.05. The Morgan fingerprint density at radius 1 is 0.800 bits per heavy atom. The molecular formula is C18H26O7. The molecule has 2 aliphatic heterocycles. The first-order valence-corrected chi connectivity index (χ1v) is 8.48. The Hall–Kier alpha value is -2.02. The van der Waals surface area contributed by atoms with E-state index < -0.39 is 35.7 Å². The van der Waals surface area contributed by atoms with Crippen LogP contribution in [0.4, 0.5) is 0 Å². The summed E-state index contributed by atoms with van der Waals surface area (Å²) in [6, 6.07) is 0. The van der Waals surface area contributed by atoms with Gasteiger partial charge in [0.25, 0.3) is 0 Å². The molecule has 0 N–H and O–H groups in total. The van der Waals surface area contributed by atoms with E-state index in [1.807, 2.05) is 13.8 Å². The van der Waals surface area contributed by atoms with Crippen LogP contribution >= 0.6 is 0 Å². The van der Waals surface area contributed by atoms with Gasteiger partial charge in [0, 0.05) is 27.7 Å². The molecule has 0 amide bonds. The normalized spacial score (nSPS) is 23.9. The zero-order valence-corrected chi connectivity index (χ0v) is 15.6. The standard InChI is InChI=1S/C18H26O7/c1-7-11(13-9-15(19)24-17(3,4)22-13)21-12(8-2)14-10-16(20)25-18(5,6)23-14/h9-12H,7-8H2,1-6H3. The highest BCUT2D eigenvalue weighted by Crippen LogP contribution is 2.31. The van der Waals surface area contributed by atoms with Crippen molar-refractivity contribution in [1.82, 2.24) is 0 Å². The topological polar surface area (TPSA) is 80.3 Å². The van der Waals surface area contributed by atoms with Gasteiger partial charge in [-0.2, -0.15) is 0 Å². The molecule has 2 aliphatic rings. The third-order valence-corrected chi connectivity index (χ3v) is 3.65. The van der Waals surface area contributed by atoms with Gasteiger partial charge in [-0.15, -0.1) is 0 Å². The molecule has 2 atom stereocenters. The molecule has 7 heteroatoms. The maximum absolute atomic E-state index is 11.8. The lowest BCUT2D eigenvalue weighted by Gasteiger charge is -2.36. The van der Waals surface area contributed by atoms with E-state index in [9.17, 15) is 9.59 Å². The number of cyclic esters (lactones) is 2. The van der Waals surface area contributed by atoms with E-state index in [2.05, 4.69) is 0 Å². The molecule has 0 saturated heterocycles. The second-order valence-corrected chi connectivity index (χ2v) is 6.87. The van der Waals surface area contributed by atoms with Gasteiger partial charge in [-0.3, -0.25) is 0 Å². The summed E-state index contributed by atoms with van der Waals surface area (Å²) in [6.45, 7) is 10.5. The number of carbonyl (C=O) groups excluding carboxylic acids is 2. The lowest BCUT2D eigenvalue weighted by Crippen LogP contribution is -2.40. The van der Waals surface area contributed by atoms with Crippen LogP contribution in [0, 0.1) is 0 Å². The zero-order chi connectivity index (χ0) is 18.8. The third-order valence-electron chi connectivity index (χ3n) is 3.65. The van der Waals surface area contributed by atoms with Crippen LogP contribution in [0.2, 0.25) is 0 Å². The van der Waals surface area contributed by atoms with Crippen LogP contribution in [0.25, 0.3) is 0 Å². The van der Waals surface area contributed by atoms with Crippen LogP contribution in [0.15, 0.2) is 23.7 Å². The molecule has 2 unspecified atom stereocenters. The lowest BCUT2D eigenvalue weighted by atomic mass is 10.1. The average molecular weight is 354 g/mol. The fourth-order valence-corrected chi connectivity index (χ4v) is 2.69. The molecule has 0 radical (unpaired) electrons. The van der Waals surface area contributed by atoms with Gasteiger partial charge in [-0.25, -0.2) is 9.59 Å². The van der Waals surface area contributed by atoms with Crippen LogP contribution in [0.1, 0.15) is 54.4 Å². The number of hydrogen-bond donors (Lipinski definition) is 0. The van der Waals surface area contributed by atoms with Crippen LogP contribution in [0.3, 0.4) is 0 Å². The summed E-state index contributed by atoms with van der Waals surface area (Å²) in [4.78, 5) is 23.5. The predicted molar refractivity (Wildman–Crippen MR) is 87.9 cm³/mol. The lowest BCUT2D eigenvalue weighted by molar-refractivity contribution is -0.219. The molecule has 0 aliphatic carbocycles. The molecule has 25 heavy (non-hydrogen) atoms. The largest absolute Gasteiger partial charge is 0.454 e. The highest BCUT2D eigenvalue weighted by atomic mass is 16.7. The molecular weight excluding hydrogens is 328 g/mol. The molecule has 2 rings (SSSR count). The second-order valence-electron chi connectivity index (χ2n) is 6.87. The molecule has 0 aromatic heterocycles. The van der Waals surface area contributed by atoms with E-state index in [1.54, 1.807) is 27.7 Å². The van der Waals surface area contributed by atoms with Crippen molar-refractivity contribution >= 4 is 11.9 Å². The van der Waals surface area contributed by atoms with Gasteiger partial charge in [0.1, 0.15) is 23.7 Å². The SMILES string of the molecule is CCC(OC(CC)C1=CC(=O)OC(C)(C)O1)C1=CC(=O)OC(C)(C)O1. The van der Waals surface area contributed by atoms with Crippen molar-refractivity contribution in [2.75, 3.05) is 0 Å². The Morgan fingerprint density at radius 3 is 1.44 bits per heavy atom. The summed E-state index contributed by atoms with van der Waals surface area (Å²) in [5.41, 5.74) is 0. The summed E-state index contributed by atoms with van der Waals surface area (Å²) < 4.78 is 27.8. The van der Waals surface area contributed by atoms with E-state index in [-0.39, 0.29) is 0 Å². The minimum absolute atomic E-state index is 0.403. The van der Waals surface area contributed by atoms with Gasteiger partial charge in [0.2, 0.25) is 11.6 Å². The van der Waals surface area contributed by atoms with Crippen molar-refractivity contribution in [2.24, 2.45) is 0 Å². The minimum Gasteiger partial charge on any atom is -0.454 e. The van der Waals surface area contributed by atoms with Crippen LogP contribution in [-0.4, -0.2) is 35.7 Å². The molecule has 0 aromatic rings. The second kappa shape index (κ2) is 7.07. The fourth-order valence-electron chi connectivity index (χ4n) is 2.69. The highest BCUT2D eigenvalue weighted by molar-refractivity contribution is 5.84. The summed E-state index contributed by atoms with van der Waals surface area (Å²) in [6.07, 6.45) is 2.80. The highest BCUT2D eigenvalue weighted by Gasteiger charge is 2.37. The molecule has 0 fully saturated rings. The molecule has 0 saturated carbocycles. The van der Waals surface area contributed by atoms with Crippen LogP contribution < -0.4 is 0 Å². The van der Waals surface area contributed by atoms with Gasteiger partial charge in [0.05, 0.1) is 12.2 Å². The van der Waals surface area contributed by atoms with Crippen LogP contribution in [-0.2, 0) is 33.3 Å². The van der Waals surface area contributed by atoms with Crippen molar-refractivity contribution in [3.63, 3.8) is 0 Å². The first-order valence-electron chi connectivity index (χ1n) is 8.48. The number of esters is 2. The molecule has 0 bridgehead atoms. The monoisotopic (exact) mass is 354 g/mol. The van der Waals surface area contributed by atoms with Crippen molar-refractivity contribution in [3.8, 4) is 0 Å². The first kappa shape index (κ1) is 19.3. The van der Waals surface area contributed by atoms with Crippen LogP contribution in [0.5, 0.6) is 0 Å². The number of rotatable bonds is 6. The molecule has 7 nitrogen and oxygen atoms in total. The zero-order valence-electron chi connectivity index (χ0n) is 15.6. The van der Waals surface area contributed by atoms with Gasteiger partial charge in [0.15, 0.2) is 0 Å².